The quantitative estimate of drug-likeness (QED) is 0.482. The molecule has 0 aliphatic carbocycles. The molecule has 0 fully saturated rings. The number of carbonyl (C=O) groups is 2. The molecule has 6 heteroatoms. The molecule has 1 aromatic rings. The largest absolute Gasteiger partial charge is 0.304 e. The fourth-order valence-corrected chi connectivity index (χ4v) is 2.77. The van der Waals surface area contributed by atoms with E-state index in [0.29, 0.717) is 29.0 Å². The van der Waals surface area contributed by atoms with Gasteiger partial charge in [-0.15, -0.1) is 11.6 Å². The van der Waals surface area contributed by atoms with Crippen molar-refractivity contribution in [2.45, 2.75) is 12.8 Å². The summed E-state index contributed by atoms with van der Waals surface area (Å²) in [7, 11) is 0. The number of hydrogen-bond donors (Lipinski definition) is 0. The molecule has 0 saturated carbocycles. The van der Waals surface area contributed by atoms with Crippen LogP contribution in [0.25, 0.3) is 0 Å². The third-order valence-electron chi connectivity index (χ3n) is 2.75. The van der Waals surface area contributed by atoms with Crippen molar-refractivity contribution < 1.29 is 14.0 Å². The number of Topliss-reactive ketones (excluding diaryl/α,β-unsaturated/α-hetero) is 1. The Labute approximate surface area is 117 Å². The van der Waals surface area contributed by atoms with Crippen LogP contribution >= 0.6 is 27.5 Å². The second kappa shape index (κ2) is 5.36. The Hall–Kier alpha value is -0.940. The van der Waals surface area contributed by atoms with Gasteiger partial charge in [0.1, 0.15) is 5.82 Å². The molecule has 0 spiro atoms. The van der Waals surface area contributed by atoms with Crippen molar-refractivity contribution in [2.24, 2.45) is 0 Å². The zero-order valence-corrected chi connectivity index (χ0v) is 11.7. The summed E-state index contributed by atoms with van der Waals surface area (Å²) in [5.41, 5.74) is 0.582. The Morgan fingerprint density at radius 2 is 2.00 bits per heavy atom. The molecule has 96 valence electrons. The van der Waals surface area contributed by atoms with Gasteiger partial charge < -0.3 is 4.90 Å². The topological polar surface area (TPSA) is 37.4 Å². The van der Waals surface area contributed by atoms with Gasteiger partial charge in [-0.05, 0) is 40.9 Å². The van der Waals surface area contributed by atoms with Gasteiger partial charge >= 0.3 is 0 Å². The lowest BCUT2D eigenvalue weighted by atomic mass is 10.1. The number of hydrogen-bond acceptors (Lipinski definition) is 2. The van der Waals surface area contributed by atoms with Gasteiger partial charge in [0.2, 0.25) is 0 Å². The van der Waals surface area contributed by atoms with E-state index in [1.165, 1.54) is 11.0 Å². The smallest absolute Gasteiger partial charge is 0.299 e. The summed E-state index contributed by atoms with van der Waals surface area (Å²) >= 11 is 8.77. The first-order valence-corrected chi connectivity index (χ1v) is 6.80. The molecule has 2 rings (SSSR count). The number of rotatable bonds is 4. The van der Waals surface area contributed by atoms with Crippen LogP contribution < -0.4 is 4.90 Å². The number of benzene rings is 1. The first kappa shape index (κ1) is 13.5. The van der Waals surface area contributed by atoms with Crippen LogP contribution in [0.1, 0.15) is 23.2 Å². The standard InChI is InChI=1S/C12H10BrClFNO2/c13-9-6-7(15)5-8-10(9)16(4-2-1-3-14)12(18)11(8)17/h5-6H,1-4H2. The third-order valence-corrected chi connectivity index (χ3v) is 3.62. The minimum Gasteiger partial charge on any atom is -0.304 e. The molecular formula is C12H10BrClFNO2. The van der Waals surface area contributed by atoms with E-state index < -0.39 is 17.5 Å². The molecule has 0 radical (unpaired) electrons. The van der Waals surface area contributed by atoms with Crippen molar-refractivity contribution in [3.63, 3.8) is 0 Å². The number of amides is 1. The number of nitrogens with zero attached hydrogens (tertiary/aromatic N) is 1. The Bertz CT molecular complexity index is 521. The van der Waals surface area contributed by atoms with Gasteiger partial charge in [-0.25, -0.2) is 4.39 Å². The van der Waals surface area contributed by atoms with Crippen molar-refractivity contribution in [1.29, 1.82) is 0 Å². The lowest BCUT2D eigenvalue weighted by Crippen LogP contribution is -2.30. The predicted molar refractivity (Wildman–Crippen MR) is 70.7 cm³/mol. The van der Waals surface area contributed by atoms with E-state index in [1.54, 1.807) is 0 Å². The first-order chi connectivity index (χ1) is 8.56. The highest BCUT2D eigenvalue weighted by Crippen LogP contribution is 2.36. The fraction of sp³-hybridized carbons (Fsp3) is 0.333. The highest BCUT2D eigenvalue weighted by atomic mass is 79.9. The Balaban J connectivity index is 2.36. The van der Waals surface area contributed by atoms with E-state index in [1.807, 2.05) is 0 Å². The molecule has 0 bridgehead atoms. The van der Waals surface area contributed by atoms with Crippen molar-refractivity contribution >= 4 is 44.9 Å². The van der Waals surface area contributed by atoms with Crippen molar-refractivity contribution in [1.82, 2.24) is 0 Å². The molecule has 1 aromatic carbocycles. The van der Waals surface area contributed by atoms with Gasteiger partial charge in [0.05, 0.1) is 11.3 Å². The molecule has 0 atom stereocenters. The summed E-state index contributed by atoms with van der Waals surface area (Å²) in [6, 6.07) is 2.35. The molecule has 18 heavy (non-hydrogen) atoms. The molecule has 0 N–H and O–H groups in total. The Morgan fingerprint density at radius 3 is 2.67 bits per heavy atom. The maximum absolute atomic E-state index is 13.2. The molecule has 0 aromatic heterocycles. The van der Waals surface area contributed by atoms with Gasteiger partial charge in [0.25, 0.3) is 11.7 Å². The number of fused-ring (bicyclic) bond motifs is 1. The third kappa shape index (κ3) is 2.29. The molecule has 0 saturated heterocycles. The summed E-state index contributed by atoms with van der Waals surface area (Å²) in [6.07, 6.45) is 1.46. The van der Waals surface area contributed by atoms with Gasteiger partial charge in [0, 0.05) is 16.9 Å². The summed E-state index contributed by atoms with van der Waals surface area (Å²) in [5, 5.41) is 0. The van der Waals surface area contributed by atoms with Gasteiger partial charge in [0.15, 0.2) is 0 Å². The minimum atomic E-state index is -0.656. The van der Waals surface area contributed by atoms with Crippen molar-refractivity contribution in [2.75, 3.05) is 17.3 Å². The van der Waals surface area contributed by atoms with E-state index in [-0.39, 0.29) is 5.56 Å². The number of anilines is 1. The van der Waals surface area contributed by atoms with E-state index >= 15 is 0 Å². The van der Waals surface area contributed by atoms with Crippen LogP contribution in [0.5, 0.6) is 0 Å². The lowest BCUT2D eigenvalue weighted by Gasteiger charge is -2.17. The SMILES string of the molecule is O=C1C(=O)N(CCCCCl)c2c(Br)cc(F)cc21. The number of alkyl halides is 1. The van der Waals surface area contributed by atoms with Crippen LogP contribution in [0, 0.1) is 5.82 Å². The average Bonchev–Trinajstić information content (AvgIpc) is 2.55. The minimum absolute atomic E-state index is 0.123. The maximum Gasteiger partial charge on any atom is 0.299 e. The zero-order valence-electron chi connectivity index (χ0n) is 9.38. The summed E-state index contributed by atoms with van der Waals surface area (Å²) in [6.45, 7) is 0.411. The van der Waals surface area contributed by atoms with E-state index in [9.17, 15) is 14.0 Å². The summed E-state index contributed by atoms with van der Waals surface area (Å²) in [4.78, 5) is 24.9. The highest BCUT2D eigenvalue weighted by molar-refractivity contribution is 9.10. The van der Waals surface area contributed by atoms with Crippen molar-refractivity contribution in [3.05, 3.63) is 28.0 Å². The van der Waals surface area contributed by atoms with E-state index in [4.69, 9.17) is 11.6 Å². The summed E-state index contributed by atoms with van der Waals surface area (Å²) in [5.74, 6) is -1.29. The van der Waals surface area contributed by atoms with Crippen LogP contribution in [-0.2, 0) is 4.79 Å². The molecule has 3 nitrogen and oxygen atoms in total. The van der Waals surface area contributed by atoms with E-state index in [2.05, 4.69) is 15.9 Å². The average molecular weight is 335 g/mol. The monoisotopic (exact) mass is 333 g/mol. The van der Waals surface area contributed by atoms with Crippen LogP contribution in [0.3, 0.4) is 0 Å². The lowest BCUT2D eigenvalue weighted by molar-refractivity contribution is -0.114. The van der Waals surface area contributed by atoms with Crippen LogP contribution in [-0.4, -0.2) is 24.1 Å². The Morgan fingerprint density at radius 1 is 1.28 bits per heavy atom. The highest BCUT2D eigenvalue weighted by Gasteiger charge is 2.37. The van der Waals surface area contributed by atoms with Gasteiger partial charge in [-0.2, -0.15) is 0 Å². The molecular weight excluding hydrogens is 324 g/mol. The van der Waals surface area contributed by atoms with Gasteiger partial charge in [-0.3, -0.25) is 9.59 Å². The van der Waals surface area contributed by atoms with Crippen molar-refractivity contribution in [3.8, 4) is 0 Å². The maximum atomic E-state index is 13.2. The normalized spacial score (nSPS) is 14.3. The van der Waals surface area contributed by atoms with Crippen LogP contribution in [0.4, 0.5) is 10.1 Å². The number of unbranched alkanes of at least 4 members (excludes halogenated alkanes) is 1. The zero-order chi connectivity index (χ0) is 13.3. The molecule has 1 heterocycles. The molecule has 1 aliphatic rings. The second-order valence-corrected chi connectivity index (χ2v) is 5.20. The predicted octanol–water partition coefficient (Wildman–Crippen LogP) is 3.14. The van der Waals surface area contributed by atoms with E-state index in [0.717, 1.165) is 12.5 Å². The molecule has 0 unspecified atom stereocenters. The fourth-order valence-electron chi connectivity index (χ4n) is 1.93. The Kier molecular flexibility index (Phi) is 4.02. The second-order valence-electron chi connectivity index (χ2n) is 3.97. The number of ketones is 1. The van der Waals surface area contributed by atoms with Gasteiger partial charge in [-0.1, -0.05) is 0 Å². The first-order valence-electron chi connectivity index (χ1n) is 5.47. The summed E-state index contributed by atoms with van der Waals surface area (Å²) < 4.78 is 13.6. The number of carbonyl (C=O) groups excluding carboxylic acids is 2. The number of halogens is 3. The van der Waals surface area contributed by atoms with Crippen LogP contribution in [0.15, 0.2) is 16.6 Å². The van der Waals surface area contributed by atoms with Crippen LogP contribution in [0.2, 0.25) is 0 Å². The molecule has 1 aliphatic heterocycles. The molecule has 1 amide bonds.